The lowest BCUT2D eigenvalue weighted by molar-refractivity contribution is 0.0950. The number of nitrogens with one attached hydrogen (secondary N) is 1. The van der Waals surface area contributed by atoms with Crippen LogP contribution < -0.4 is 19.7 Å². The molecular formula is C32H30N2O6S. The van der Waals surface area contributed by atoms with E-state index < -0.39 is 15.7 Å². The van der Waals surface area contributed by atoms with E-state index in [0.717, 1.165) is 16.7 Å². The Morgan fingerprint density at radius 1 is 0.829 bits per heavy atom. The summed E-state index contributed by atoms with van der Waals surface area (Å²) in [7, 11) is -0.898. The number of aryl methyl sites for hydroxylation is 1. The Morgan fingerprint density at radius 2 is 1.61 bits per heavy atom. The predicted molar refractivity (Wildman–Crippen MR) is 156 cm³/mol. The second-order valence-corrected chi connectivity index (χ2v) is 11.6. The topological polar surface area (TPSA) is 102 Å². The van der Waals surface area contributed by atoms with Crippen LogP contribution in [0.5, 0.6) is 11.5 Å². The highest BCUT2D eigenvalue weighted by atomic mass is 32.2. The van der Waals surface area contributed by atoms with E-state index in [0.29, 0.717) is 24.5 Å². The van der Waals surface area contributed by atoms with Crippen molar-refractivity contribution < 1.29 is 27.5 Å². The summed E-state index contributed by atoms with van der Waals surface area (Å²) in [5.41, 5.74) is 3.31. The molecule has 41 heavy (non-hydrogen) atoms. The highest BCUT2D eigenvalue weighted by molar-refractivity contribution is 7.91. The van der Waals surface area contributed by atoms with E-state index in [1.54, 1.807) is 32.4 Å². The number of methoxy groups -OCH3 is 2. The minimum Gasteiger partial charge on any atom is -0.493 e. The van der Waals surface area contributed by atoms with Gasteiger partial charge in [-0.3, -0.25) is 9.59 Å². The van der Waals surface area contributed by atoms with Gasteiger partial charge in [0.15, 0.2) is 11.5 Å². The van der Waals surface area contributed by atoms with Crippen LogP contribution in [0.25, 0.3) is 0 Å². The van der Waals surface area contributed by atoms with Crippen LogP contribution in [0.4, 0.5) is 5.69 Å². The molecule has 0 spiro atoms. The lowest BCUT2D eigenvalue weighted by Gasteiger charge is -2.24. The summed E-state index contributed by atoms with van der Waals surface area (Å²) in [6.45, 7) is 2.43. The zero-order valence-corrected chi connectivity index (χ0v) is 23.8. The molecule has 0 aliphatic carbocycles. The zero-order valence-electron chi connectivity index (χ0n) is 23.0. The van der Waals surface area contributed by atoms with Crippen molar-refractivity contribution in [3.05, 3.63) is 113 Å². The molecule has 0 fully saturated rings. The number of benzene rings is 4. The van der Waals surface area contributed by atoms with Crippen molar-refractivity contribution in [3.63, 3.8) is 0 Å². The molecule has 1 aliphatic heterocycles. The average molecular weight is 571 g/mol. The molecule has 0 aromatic heterocycles. The predicted octanol–water partition coefficient (Wildman–Crippen LogP) is 4.98. The van der Waals surface area contributed by atoms with E-state index >= 15 is 0 Å². The summed E-state index contributed by atoms with van der Waals surface area (Å²) in [4.78, 5) is 28.4. The average Bonchev–Trinajstić information content (AvgIpc) is 3.05. The fourth-order valence-electron chi connectivity index (χ4n) is 4.96. The van der Waals surface area contributed by atoms with Gasteiger partial charge in [-0.25, -0.2) is 8.42 Å². The molecule has 1 aliphatic rings. The van der Waals surface area contributed by atoms with Crippen LogP contribution in [0, 0.1) is 6.92 Å². The Kier molecular flexibility index (Phi) is 7.81. The Hall–Kier alpha value is -4.63. The molecule has 210 valence electrons. The molecule has 0 bridgehead atoms. The summed E-state index contributed by atoms with van der Waals surface area (Å²) >= 11 is 0. The van der Waals surface area contributed by atoms with Gasteiger partial charge in [0.2, 0.25) is 9.84 Å². The van der Waals surface area contributed by atoms with Crippen molar-refractivity contribution in [2.24, 2.45) is 0 Å². The normalized spacial score (nSPS) is 13.5. The molecule has 9 heteroatoms. The number of sulfone groups is 1. The number of rotatable bonds is 8. The number of anilines is 1. The van der Waals surface area contributed by atoms with Crippen molar-refractivity contribution in [1.82, 2.24) is 5.32 Å². The molecule has 0 unspecified atom stereocenters. The van der Waals surface area contributed by atoms with Crippen LogP contribution in [0.2, 0.25) is 0 Å². The maximum absolute atomic E-state index is 13.8. The Balaban J connectivity index is 1.46. The van der Waals surface area contributed by atoms with Crippen molar-refractivity contribution in [2.45, 2.75) is 29.7 Å². The summed E-state index contributed by atoms with van der Waals surface area (Å²) < 4.78 is 38.1. The molecule has 0 atom stereocenters. The number of ether oxygens (including phenoxy) is 2. The fourth-order valence-corrected chi connectivity index (χ4v) is 6.59. The largest absolute Gasteiger partial charge is 0.493 e. The van der Waals surface area contributed by atoms with Gasteiger partial charge in [-0.15, -0.1) is 0 Å². The third-order valence-electron chi connectivity index (χ3n) is 7.02. The second-order valence-electron chi connectivity index (χ2n) is 9.76. The van der Waals surface area contributed by atoms with Crippen LogP contribution in [0.15, 0.2) is 94.7 Å². The monoisotopic (exact) mass is 570 g/mol. The first-order valence-corrected chi connectivity index (χ1v) is 14.6. The van der Waals surface area contributed by atoms with Gasteiger partial charge in [0.1, 0.15) is 0 Å². The van der Waals surface area contributed by atoms with Crippen molar-refractivity contribution in [3.8, 4) is 11.5 Å². The third kappa shape index (κ3) is 5.53. The van der Waals surface area contributed by atoms with Crippen LogP contribution in [0.1, 0.15) is 37.4 Å². The zero-order chi connectivity index (χ0) is 29.1. The van der Waals surface area contributed by atoms with Crippen molar-refractivity contribution in [2.75, 3.05) is 25.7 Å². The number of carbonyl (C=O) groups is 2. The Labute approximate surface area is 239 Å². The molecule has 4 aromatic rings. The van der Waals surface area contributed by atoms with E-state index in [4.69, 9.17) is 9.47 Å². The first-order chi connectivity index (χ1) is 19.7. The minimum absolute atomic E-state index is 0.0228. The molecular weight excluding hydrogens is 540 g/mol. The summed E-state index contributed by atoms with van der Waals surface area (Å²) in [6, 6.07) is 23.8. The lowest BCUT2D eigenvalue weighted by atomic mass is 10.1. The first-order valence-electron chi connectivity index (χ1n) is 13.1. The Bertz CT molecular complexity index is 1750. The van der Waals surface area contributed by atoms with Gasteiger partial charge < -0.3 is 19.7 Å². The van der Waals surface area contributed by atoms with E-state index in [2.05, 4.69) is 5.32 Å². The SMILES string of the molecule is COc1ccc(CCNC(=O)c2ccc3c(c2)N(Cc2cccc(C)c2)C(=O)c2ccccc2S3(=O)=O)cc1OC. The Morgan fingerprint density at radius 3 is 2.37 bits per heavy atom. The highest BCUT2D eigenvalue weighted by Gasteiger charge is 2.36. The number of hydrogen-bond donors (Lipinski definition) is 1. The quantitative estimate of drug-likeness (QED) is 0.321. The first kappa shape index (κ1) is 27.9. The van der Waals surface area contributed by atoms with E-state index in [9.17, 15) is 18.0 Å². The lowest BCUT2D eigenvalue weighted by Crippen LogP contribution is -2.31. The molecule has 4 aromatic carbocycles. The van der Waals surface area contributed by atoms with Crippen molar-refractivity contribution in [1.29, 1.82) is 0 Å². The van der Waals surface area contributed by atoms with Gasteiger partial charge in [-0.2, -0.15) is 0 Å². The van der Waals surface area contributed by atoms with Crippen molar-refractivity contribution >= 4 is 27.3 Å². The van der Waals surface area contributed by atoms with Crippen LogP contribution >= 0.6 is 0 Å². The molecule has 0 saturated heterocycles. The number of nitrogens with zero attached hydrogens (tertiary/aromatic N) is 1. The van der Waals surface area contributed by atoms with E-state index in [-0.39, 0.29) is 39.1 Å². The number of carbonyl (C=O) groups excluding carboxylic acids is 2. The number of amides is 2. The van der Waals surface area contributed by atoms with E-state index in [1.807, 2.05) is 43.3 Å². The van der Waals surface area contributed by atoms with Gasteiger partial charge >= 0.3 is 0 Å². The minimum atomic E-state index is -4.03. The van der Waals surface area contributed by atoms with Crippen LogP contribution in [0.3, 0.4) is 0 Å². The summed E-state index contributed by atoms with van der Waals surface area (Å²) in [5, 5.41) is 2.89. The van der Waals surface area contributed by atoms with Gasteiger partial charge in [0.05, 0.1) is 41.8 Å². The second kappa shape index (κ2) is 11.5. The number of hydrogen-bond acceptors (Lipinski definition) is 6. The van der Waals surface area contributed by atoms with E-state index in [1.165, 1.54) is 35.2 Å². The maximum atomic E-state index is 13.8. The molecule has 0 radical (unpaired) electrons. The summed E-state index contributed by atoms with van der Waals surface area (Å²) in [6.07, 6.45) is 0.540. The smallest absolute Gasteiger partial charge is 0.259 e. The molecule has 8 nitrogen and oxygen atoms in total. The molecule has 2 amide bonds. The molecule has 1 N–H and O–H groups in total. The highest BCUT2D eigenvalue weighted by Crippen LogP contribution is 2.38. The molecule has 1 heterocycles. The van der Waals surface area contributed by atoms with Gasteiger partial charge in [0.25, 0.3) is 11.8 Å². The number of fused-ring (bicyclic) bond motifs is 2. The molecule has 0 saturated carbocycles. The third-order valence-corrected chi connectivity index (χ3v) is 8.88. The standard InChI is InChI=1S/C32H30N2O6S/c1-21-7-6-8-23(17-21)20-34-26-19-24(31(35)33-16-15-22-11-13-27(39-2)28(18-22)40-3)12-14-30(26)41(37,38)29-10-5-4-9-25(29)32(34)36/h4-14,17-19H,15-16,20H2,1-3H3,(H,33,35). The maximum Gasteiger partial charge on any atom is 0.259 e. The van der Waals surface area contributed by atoms with Crippen LogP contribution in [-0.2, 0) is 22.8 Å². The van der Waals surface area contributed by atoms with Gasteiger partial charge in [-0.1, -0.05) is 48.0 Å². The van der Waals surface area contributed by atoms with Crippen LogP contribution in [-0.4, -0.2) is 41.0 Å². The summed E-state index contributed by atoms with van der Waals surface area (Å²) in [5.74, 6) is 0.389. The fraction of sp³-hybridized carbons (Fsp3) is 0.188. The molecule has 5 rings (SSSR count). The van der Waals surface area contributed by atoms with Gasteiger partial charge in [-0.05, 0) is 66.9 Å². The van der Waals surface area contributed by atoms with Gasteiger partial charge in [0, 0.05) is 12.1 Å².